The van der Waals surface area contributed by atoms with Crippen LogP contribution in [0.4, 0.5) is 0 Å². The maximum absolute atomic E-state index is 12.9. The number of nitrogens with zero attached hydrogens (tertiary/aromatic N) is 3. The third-order valence-electron chi connectivity index (χ3n) is 3.10. The molecular weight excluding hydrogens is 294 g/mol. The first-order valence-corrected chi connectivity index (χ1v) is 7.85. The molecule has 0 amide bonds. The summed E-state index contributed by atoms with van der Waals surface area (Å²) < 4.78 is 1.61. The molecule has 3 aromatic rings. The molecule has 0 atom stereocenters. The van der Waals surface area contributed by atoms with Crippen molar-refractivity contribution in [3.8, 4) is 5.69 Å². The third kappa shape index (κ3) is 2.80. The van der Waals surface area contributed by atoms with E-state index >= 15 is 0 Å². The van der Waals surface area contributed by atoms with Gasteiger partial charge in [0.25, 0.3) is 5.56 Å². The summed E-state index contributed by atoms with van der Waals surface area (Å²) >= 11 is 1.50. The standard InChI is InChI=1S/C17H15N3OS/c1-12(2)11-22-17-19-15-8-4-3-7-14(15)16(21)20(17)13-6-5-9-18-10-13/h3-10H,1,11H2,2H3. The number of para-hydroxylation sites is 1. The van der Waals surface area contributed by atoms with E-state index in [1.54, 1.807) is 23.0 Å². The summed E-state index contributed by atoms with van der Waals surface area (Å²) in [6.45, 7) is 5.87. The first-order chi connectivity index (χ1) is 10.7. The van der Waals surface area contributed by atoms with Crippen molar-refractivity contribution in [1.82, 2.24) is 14.5 Å². The van der Waals surface area contributed by atoms with Crippen molar-refractivity contribution in [2.45, 2.75) is 12.1 Å². The molecule has 3 rings (SSSR count). The minimum absolute atomic E-state index is 0.0807. The molecule has 0 fully saturated rings. The first kappa shape index (κ1) is 14.5. The van der Waals surface area contributed by atoms with Gasteiger partial charge in [-0.1, -0.05) is 36.0 Å². The lowest BCUT2D eigenvalue weighted by molar-refractivity contribution is 0.816. The summed E-state index contributed by atoms with van der Waals surface area (Å²) in [4.78, 5) is 21.6. The maximum atomic E-state index is 12.9. The molecule has 0 aliphatic rings. The fourth-order valence-corrected chi connectivity index (χ4v) is 2.97. The van der Waals surface area contributed by atoms with Crippen LogP contribution < -0.4 is 5.56 Å². The van der Waals surface area contributed by atoms with Gasteiger partial charge in [-0.25, -0.2) is 4.98 Å². The Balaban J connectivity index is 2.26. The Kier molecular flexibility index (Phi) is 4.06. The fraction of sp³-hybridized carbons (Fsp3) is 0.118. The van der Waals surface area contributed by atoms with E-state index in [4.69, 9.17) is 0 Å². The normalized spacial score (nSPS) is 10.8. The molecule has 0 unspecified atom stereocenters. The minimum Gasteiger partial charge on any atom is -0.268 e. The summed E-state index contributed by atoms with van der Waals surface area (Å²) in [5.74, 6) is 0.713. The van der Waals surface area contributed by atoms with Crippen LogP contribution in [0.15, 0.2) is 70.9 Å². The zero-order valence-corrected chi connectivity index (χ0v) is 13.0. The van der Waals surface area contributed by atoms with Gasteiger partial charge in [0.1, 0.15) is 0 Å². The molecule has 0 aliphatic heterocycles. The number of pyridine rings is 1. The van der Waals surface area contributed by atoms with Crippen LogP contribution in [0, 0.1) is 0 Å². The number of rotatable bonds is 4. The Morgan fingerprint density at radius 1 is 1.27 bits per heavy atom. The van der Waals surface area contributed by atoms with Gasteiger partial charge in [-0.15, -0.1) is 0 Å². The van der Waals surface area contributed by atoms with Crippen molar-refractivity contribution in [2.24, 2.45) is 0 Å². The average molecular weight is 309 g/mol. The van der Waals surface area contributed by atoms with Gasteiger partial charge in [-0.2, -0.15) is 0 Å². The largest absolute Gasteiger partial charge is 0.268 e. The topological polar surface area (TPSA) is 47.8 Å². The molecular formula is C17H15N3OS. The van der Waals surface area contributed by atoms with Gasteiger partial charge in [0, 0.05) is 11.9 Å². The molecule has 22 heavy (non-hydrogen) atoms. The van der Waals surface area contributed by atoms with Crippen molar-refractivity contribution in [3.63, 3.8) is 0 Å². The van der Waals surface area contributed by atoms with E-state index in [1.165, 1.54) is 11.8 Å². The van der Waals surface area contributed by atoms with Crippen molar-refractivity contribution >= 4 is 22.7 Å². The van der Waals surface area contributed by atoms with Gasteiger partial charge in [-0.3, -0.25) is 14.3 Å². The second kappa shape index (κ2) is 6.15. The molecule has 0 N–H and O–H groups in total. The SMILES string of the molecule is C=C(C)CSc1nc2ccccc2c(=O)n1-c1cccnc1. The Bertz CT molecular complexity index is 887. The summed E-state index contributed by atoms with van der Waals surface area (Å²) in [5.41, 5.74) is 2.37. The van der Waals surface area contributed by atoms with Crippen molar-refractivity contribution < 1.29 is 0 Å². The lowest BCUT2D eigenvalue weighted by atomic mass is 10.2. The van der Waals surface area contributed by atoms with E-state index in [1.807, 2.05) is 37.3 Å². The molecule has 2 heterocycles. The van der Waals surface area contributed by atoms with Gasteiger partial charge >= 0.3 is 0 Å². The predicted molar refractivity (Wildman–Crippen MR) is 90.7 cm³/mol. The highest BCUT2D eigenvalue weighted by Gasteiger charge is 2.13. The monoisotopic (exact) mass is 309 g/mol. The number of hydrogen-bond acceptors (Lipinski definition) is 4. The van der Waals surface area contributed by atoms with Crippen LogP contribution >= 0.6 is 11.8 Å². The Labute approximate surface area is 132 Å². The van der Waals surface area contributed by atoms with Gasteiger partial charge in [-0.05, 0) is 31.2 Å². The zero-order chi connectivity index (χ0) is 15.5. The zero-order valence-electron chi connectivity index (χ0n) is 12.2. The molecule has 0 saturated carbocycles. The predicted octanol–water partition coefficient (Wildman–Crippen LogP) is 3.45. The first-order valence-electron chi connectivity index (χ1n) is 6.86. The highest BCUT2D eigenvalue weighted by molar-refractivity contribution is 7.99. The summed E-state index contributed by atoms with van der Waals surface area (Å²) in [6.07, 6.45) is 3.35. The third-order valence-corrected chi connectivity index (χ3v) is 4.27. The number of fused-ring (bicyclic) bond motifs is 1. The van der Waals surface area contributed by atoms with Crippen LogP contribution in [0.3, 0.4) is 0 Å². The van der Waals surface area contributed by atoms with E-state index < -0.39 is 0 Å². The van der Waals surface area contributed by atoms with Gasteiger partial charge in [0.15, 0.2) is 5.16 Å². The maximum Gasteiger partial charge on any atom is 0.266 e. The molecule has 4 nitrogen and oxygen atoms in total. The quantitative estimate of drug-likeness (QED) is 0.421. The highest BCUT2D eigenvalue weighted by Crippen LogP contribution is 2.22. The second-order valence-electron chi connectivity index (χ2n) is 5.01. The molecule has 0 radical (unpaired) electrons. The molecule has 110 valence electrons. The average Bonchev–Trinajstić information content (AvgIpc) is 2.54. The summed E-state index contributed by atoms with van der Waals surface area (Å²) in [7, 11) is 0. The lowest BCUT2D eigenvalue weighted by Crippen LogP contribution is -2.22. The number of benzene rings is 1. The summed E-state index contributed by atoms with van der Waals surface area (Å²) in [6, 6.07) is 11.1. The molecule has 2 aromatic heterocycles. The Hall–Kier alpha value is -2.40. The smallest absolute Gasteiger partial charge is 0.266 e. The molecule has 1 aromatic carbocycles. The van der Waals surface area contributed by atoms with Crippen LogP contribution in [0.1, 0.15) is 6.92 Å². The molecule has 0 aliphatic carbocycles. The van der Waals surface area contributed by atoms with Gasteiger partial charge < -0.3 is 0 Å². The second-order valence-corrected chi connectivity index (χ2v) is 5.95. The van der Waals surface area contributed by atoms with Crippen molar-refractivity contribution in [2.75, 3.05) is 5.75 Å². The summed E-state index contributed by atoms with van der Waals surface area (Å²) in [5, 5.41) is 1.26. The molecule has 5 heteroatoms. The molecule has 0 bridgehead atoms. The van der Waals surface area contributed by atoms with Gasteiger partial charge in [0.05, 0.1) is 22.8 Å². The Morgan fingerprint density at radius 3 is 2.82 bits per heavy atom. The molecule has 0 saturated heterocycles. The number of hydrogen-bond donors (Lipinski definition) is 0. The minimum atomic E-state index is -0.0807. The van der Waals surface area contributed by atoms with E-state index in [-0.39, 0.29) is 5.56 Å². The van der Waals surface area contributed by atoms with E-state index in [0.29, 0.717) is 21.8 Å². The Morgan fingerprint density at radius 2 is 2.09 bits per heavy atom. The fourth-order valence-electron chi connectivity index (χ4n) is 2.11. The number of thioether (sulfide) groups is 1. The lowest BCUT2D eigenvalue weighted by Gasteiger charge is -2.12. The molecule has 0 spiro atoms. The van der Waals surface area contributed by atoms with Crippen molar-refractivity contribution in [3.05, 3.63) is 71.3 Å². The van der Waals surface area contributed by atoms with Crippen LogP contribution in [-0.2, 0) is 0 Å². The van der Waals surface area contributed by atoms with E-state index in [9.17, 15) is 4.79 Å². The van der Waals surface area contributed by atoms with Crippen LogP contribution in [0.25, 0.3) is 16.6 Å². The highest BCUT2D eigenvalue weighted by atomic mass is 32.2. The number of aromatic nitrogens is 3. The van der Waals surface area contributed by atoms with Crippen LogP contribution in [-0.4, -0.2) is 20.3 Å². The van der Waals surface area contributed by atoms with Crippen LogP contribution in [0.2, 0.25) is 0 Å². The van der Waals surface area contributed by atoms with Crippen LogP contribution in [0.5, 0.6) is 0 Å². The van der Waals surface area contributed by atoms with Crippen molar-refractivity contribution in [1.29, 1.82) is 0 Å². The van der Waals surface area contributed by atoms with E-state index in [0.717, 1.165) is 11.3 Å². The van der Waals surface area contributed by atoms with E-state index in [2.05, 4.69) is 16.5 Å². The van der Waals surface area contributed by atoms with Gasteiger partial charge in [0.2, 0.25) is 0 Å².